The molecule has 0 unspecified atom stereocenters. The van der Waals surface area contributed by atoms with Crippen molar-refractivity contribution in [3.05, 3.63) is 52.5 Å². The van der Waals surface area contributed by atoms with Crippen LogP contribution in [0.3, 0.4) is 0 Å². The Balaban J connectivity index is 2.03. The molecule has 2 aromatic rings. The second-order valence-corrected chi connectivity index (χ2v) is 8.06. The Labute approximate surface area is 156 Å². The third-order valence-electron chi connectivity index (χ3n) is 3.44. The first-order chi connectivity index (χ1) is 11.8. The van der Waals surface area contributed by atoms with E-state index in [9.17, 15) is 8.42 Å². The maximum absolute atomic E-state index is 11.7. The molecule has 0 atom stereocenters. The maximum atomic E-state index is 11.7. The van der Waals surface area contributed by atoms with Crippen LogP contribution in [-0.4, -0.2) is 26.4 Å². The summed E-state index contributed by atoms with van der Waals surface area (Å²) in [5.74, 6) is 1.38. The van der Waals surface area contributed by atoms with Gasteiger partial charge in [0.15, 0.2) is 0 Å². The molecule has 6 nitrogen and oxygen atoms in total. The summed E-state index contributed by atoms with van der Waals surface area (Å²) < 4.78 is 31.7. The highest BCUT2D eigenvalue weighted by molar-refractivity contribution is 8.00. The molecule has 0 saturated heterocycles. The molecule has 0 fully saturated rings. The van der Waals surface area contributed by atoms with Crippen LogP contribution in [0.5, 0.6) is 5.75 Å². The summed E-state index contributed by atoms with van der Waals surface area (Å²) in [6, 6.07) is 10.0. The number of aryl methyl sites for hydroxylation is 1. The minimum atomic E-state index is -3.89. The molecule has 0 bridgehead atoms. The SMILES string of the molecule is COc1cc(Cl)ccc1CCSNc1ccc(CO)cc1S(N)(=O)=O. The first-order valence-electron chi connectivity index (χ1n) is 7.32. The van der Waals surface area contributed by atoms with Crippen LogP contribution in [0.2, 0.25) is 5.02 Å². The number of aliphatic hydroxyl groups excluding tert-OH is 1. The van der Waals surface area contributed by atoms with Gasteiger partial charge in [0, 0.05) is 10.8 Å². The normalized spacial score (nSPS) is 11.4. The molecule has 0 aliphatic carbocycles. The van der Waals surface area contributed by atoms with Crippen molar-refractivity contribution in [1.82, 2.24) is 0 Å². The highest BCUT2D eigenvalue weighted by Gasteiger charge is 2.15. The van der Waals surface area contributed by atoms with Crippen molar-refractivity contribution in [2.75, 3.05) is 17.6 Å². The van der Waals surface area contributed by atoms with Gasteiger partial charge in [0.2, 0.25) is 10.0 Å². The minimum Gasteiger partial charge on any atom is -0.496 e. The van der Waals surface area contributed by atoms with Gasteiger partial charge in [-0.2, -0.15) is 0 Å². The Bertz CT molecular complexity index is 844. The number of rotatable bonds is 8. The monoisotopic (exact) mass is 402 g/mol. The predicted molar refractivity (Wildman–Crippen MR) is 102 cm³/mol. The number of sulfonamides is 1. The van der Waals surface area contributed by atoms with E-state index >= 15 is 0 Å². The summed E-state index contributed by atoms with van der Waals surface area (Å²) in [6.07, 6.45) is 0.706. The van der Waals surface area contributed by atoms with E-state index in [1.54, 1.807) is 31.4 Å². The number of nitrogens with two attached hydrogens (primary N) is 1. The fourth-order valence-electron chi connectivity index (χ4n) is 2.20. The van der Waals surface area contributed by atoms with Crippen molar-refractivity contribution < 1.29 is 18.3 Å². The van der Waals surface area contributed by atoms with Gasteiger partial charge in [-0.3, -0.25) is 0 Å². The van der Waals surface area contributed by atoms with Crippen LogP contribution in [0.25, 0.3) is 0 Å². The highest BCUT2D eigenvalue weighted by atomic mass is 35.5. The van der Waals surface area contributed by atoms with Gasteiger partial charge in [0.25, 0.3) is 0 Å². The zero-order valence-electron chi connectivity index (χ0n) is 13.5. The molecular weight excluding hydrogens is 384 g/mol. The van der Waals surface area contributed by atoms with Crippen LogP contribution in [0.4, 0.5) is 5.69 Å². The lowest BCUT2D eigenvalue weighted by Gasteiger charge is -2.12. The quantitative estimate of drug-likeness (QED) is 0.463. The molecule has 0 spiro atoms. The van der Waals surface area contributed by atoms with Crippen molar-refractivity contribution in [3.63, 3.8) is 0 Å². The second-order valence-electron chi connectivity index (χ2n) is 5.19. The first-order valence-corrected chi connectivity index (χ1v) is 10.2. The number of aliphatic hydroxyl groups is 1. The average Bonchev–Trinajstić information content (AvgIpc) is 2.58. The Morgan fingerprint density at radius 3 is 2.68 bits per heavy atom. The summed E-state index contributed by atoms with van der Waals surface area (Å²) in [5, 5.41) is 15.0. The Hall–Kier alpha value is -1.45. The maximum Gasteiger partial charge on any atom is 0.240 e. The third-order valence-corrected chi connectivity index (χ3v) is 5.40. The number of primary sulfonamides is 1. The van der Waals surface area contributed by atoms with Gasteiger partial charge in [-0.25, -0.2) is 13.6 Å². The molecule has 2 aromatic carbocycles. The van der Waals surface area contributed by atoms with E-state index in [2.05, 4.69) is 4.72 Å². The van der Waals surface area contributed by atoms with E-state index < -0.39 is 10.0 Å². The predicted octanol–water partition coefficient (Wildman–Crippen LogP) is 2.79. The smallest absolute Gasteiger partial charge is 0.240 e. The van der Waals surface area contributed by atoms with Gasteiger partial charge in [0.1, 0.15) is 10.6 Å². The zero-order valence-corrected chi connectivity index (χ0v) is 15.9. The fourth-order valence-corrected chi connectivity index (χ4v) is 3.92. The minimum absolute atomic E-state index is 0.0457. The van der Waals surface area contributed by atoms with Crippen molar-refractivity contribution in [1.29, 1.82) is 0 Å². The summed E-state index contributed by atoms with van der Waals surface area (Å²) >= 11 is 7.28. The lowest BCUT2D eigenvalue weighted by Crippen LogP contribution is -2.14. The van der Waals surface area contributed by atoms with E-state index in [4.69, 9.17) is 26.6 Å². The van der Waals surface area contributed by atoms with Crippen LogP contribution in [-0.2, 0) is 23.1 Å². The van der Waals surface area contributed by atoms with E-state index in [0.717, 1.165) is 5.56 Å². The van der Waals surface area contributed by atoms with Gasteiger partial charge in [-0.15, -0.1) is 0 Å². The number of hydrogen-bond acceptors (Lipinski definition) is 6. The molecule has 136 valence electrons. The summed E-state index contributed by atoms with van der Waals surface area (Å²) in [5.41, 5.74) is 1.86. The largest absolute Gasteiger partial charge is 0.496 e. The van der Waals surface area contributed by atoms with Gasteiger partial charge < -0.3 is 14.6 Å². The molecule has 4 N–H and O–H groups in total. The summed E-state index contributed by atoms with van der Waals surface area (Å²) in [7, 11) is -2.31. The number of hydrogen-bond donors (Lipinski definition) is 3. The lowest BCUT2D eigenvalue weighted by atomic mass is 10.1. The summed E-state index contributed by atoms with van der Waals surface area (Å²) in [6.45, 7) is -0.258. The zero-order chi connectivity index (χ0) is 18.4. The summed E-state index contributed by atoms with van der Waals surface area (Å²) in [4.78, 5) is -0.0457. The van der Waals surface area contributed by atoms with Crippen LogP contribution in [0.15, 0.2) is 41.3 Å². The third kappa shape index (κ3) is 5.52. The Kier molecular flexibility index (Phi) is 6.97. The van der Waals surface area contributed by atoms with Gasteiger partial charge >= 0.3 is 0 Å². The second kappa shape index (κ2) is 8.77. The Morgan fingerprint density at radius 2 is 2.04 bits per heavy atom. The van der Waals surface area contributed by atoms with E-state index in [1.807, 2.05) is 6.07 Å². The molecule has 2 rings (SSSR count). The van der Waals surface area contributed by atoms with Crippen molar-refractivity contribution in [2.24, 2.45) is 5.14 Å². The van der Waals surface area contributed by atoms with E-state index in [0.29, 0.717) is 34.2 Å². The molecule has 0 aliphatic heterocycles. The topological polar surface area (TPSA) is 102 Å². The van der Waals surface area contributed by atoms with Crippen molar-refractivity contribution in [2.45, 2.75) is 17.9 Å². The molecule has 25 heavy (non-hydrogen) atoms. The number of nitrogens with one attached hydrogen (secondary N) is 1. The van der Waals surface area contributed by atoms with E-state index in [-0.39, 0.29) is 11.5 Å². The van der Waals surface area contributed by atoms with Gasteiger partial charge in [0.05, 0.1) is 19.4 Å². The standard InChI is InChI=1S/C16H19ClN2O4S2/c1-23-15-9-13(17)4-3-12(15)6-7-24-19-14-5-2-11(10-20)8-16(14)25(18,21)22/h2-5,8-9,19-20H,6-7,10H2,1H3,(H2,18,21,22). The molecule has 0 aromatic heterocycles. The molecule has 0 amide bonds. The number of anilines is 1. The average molecular weight is 403 g/mol. The van der Waals surface area contributed by atoms with Gasteiger partial charge in [-0.1, -0.05) is 35.7 Å². The lowest BCUT2D eigenvalue weighted by molar-refractivity contribution is 0.281. The highest BCUT2D eigenvalue weighted by Crippen LogP contribution is 2.27. The molecule has 0 aliphatic rings. The molecule has 0 radical (unpaired) electrons. The van der Waals surface area contributed by atoms with E-state index in [1.165, 1.54) is 18.0 Å². The molecule has 0 heterocycles. The number of benzene rings is 2. The Morgan fingerprint density at radius 1 is 1.28 bits per heavy atom. The number of halogens is 1. The molecule has 9 heteroatoms. The fraction of sp³-hybridized carbons (Fsp3) is 0.250. The van der Waals surface area contributed by atoms with Crippen molar-refractivity contribution >= 4 is 39.3 Å². The number of methoxy groups -OCH3 is 1. The van der Waals surface area contributed by atoms with Crippen LogP contribution in [0, 0.1) is 0 Å². The number of ether oxygens (including phenoxy) is 1. The molecular formula is C16H19ClN2O4S2. The van der Waals surface area contributed by atoms with Crippen LogP contribution in [0.1, 0.15) is 11.1 Å². The van der Waals surface area contributed by atoms with Gasteiger partial charge in [-0.05, 0) is 41.8 Å². The van der Waals surface area contributed by atoms with Crippen molar-refractivity contribution in [3.8, 4) is 5.75 Å². The molecule has 0 saturated carbocycles. The first kappa shape index (κ1) is 19.9. The van der Waals surface area contributed by atoms with Crippen LogP contribution < -0.4 is 14.6 Å². The van der Waals surface area contributed by atoms with Crippen LogP contribution >= 0.6 is 23.5 Å².